The molecule has 0 amide bonds. The van der Waals surface area contributed by atoms with Gasteiger partial charge >= 0.3 is 0 Å². The van der Waals surface area contributed by atoms with Crippen LogP contribution in [0.4, 0.5) is 21.8 Å². The minimum absolute atomic E-state index is 0.194. The molecular formula is C20H26FN5O. The van der Waals surface area contributed by atoms with E-state index in [0.717, 1.165) is 56.9 Å². The summed E-state index contributed by atoms with van der Waals surface area (Å²) in [5.74, 6) is 1.06. The number of hydrogen-bond acceptors (Lipinski definition) is 6. The zero-order valence-electron chi connectivity index (χ0n) is 15.5. The summed E-state index contributed by atoms with van der Waals surface area (Å²) in [4.78, 5) is 11.0. The van der Waals surface area contributed by atoms with Gasteiger partial charge in [-0.25, -0.2) is 9.37 Å². The zero-order chi connectivity index (χ0) is 18.5. The van der Waals surface area contributed by atoms with Gasteiger partial charge in [-0.3, -0.25) is 0 Å². The van der Waals surface area contributed by atoms with Crippen LogP contribution >= 0.6 is 0 Å². The second kappa shape index (κ2) is 8.52. The van der Waals surface area contributed by atoms with Gasteiger partial charge in [0.05, 0.1) is 12.6 Å². The Hall–Kier alpha value is -2.41. The molecule has 1 unspecified atom stereocenters. The van der Waals surface area contributed by atoms with E-state index in [9.17, 15) is 4.39 Å². The van der Waals surface area contributed by atoms with Crippen molar-refractivity contribution in [3.8, 4) is 0 Å². The maximum absolute atomic E-state index is 14.5. The smallest absolute Gasteiger partial charge is 0.224 e. The lowest BCUT2D eigenvalue weighted by Crippen LogP contribution is -2.30. The van der Waals surface area contributed by atoms with Gasteiger partial charge in [0.25, 0.3) is 0 Å². The summed E-state index contributed by atoms with van der Waals surface area (Å²) in [6.07, 6.45) is 6.15. The van der Waals surface area contributed by atoms with Crippen LogP contribution in [0, 0.1) is 5.82 Å². The van der Waals surface area contributed by atoms with E-state index in [1.165, 1.54) is 6.07 Å². The van der Waals surface area contributed by atoms with Crippen LogP contribution in [-0.2, 0) is 11.3 Å². The highest BCUT2D eigenvalue weighted by atomic mass is 19.1. The average molecular weight is 371 g/mol. The van der Waals surface area contributed by atoms with Crippen LogP contribution in [0.3, 0.4) is 0 Å². The number of benzene rings is 1. The largest absolute Gasteiger partial charge is 0.379 e. The fourth-order valence-corrected chi connectivity index (χ4v) is 3.73. The van der Waals surface area contributed by atoms with E-state index >= 15 is 0 Å². The van der Waals surface area contributed by atoms with Crippen molar-refractivity contribution in [1.29, 1.82) is 0 Å². The Morgan fingerprint density at radius 3 is 2.89 bits per heavy atom. The highest BCUT2D eigenvalue weighted by Crippen LogP contribution is 2.27. The third kappa shape index (κ3) is 4.47. The fraction of sp³-hybridized carbons (Fsp3) is 0.500. The van der Waals surface area contributed by atoms with Gasteiger partial charge in [-0.2, -0.15) is 4.98 Å². The molecule has 0 bridgehead atoms. The molecule has 2 aliphatic rings. The third-order valence-corrected chi connectivity index (χ3v) is 5.13. The molecule has 2 aromatic rings. The van der Waals surface area contributed by atoms with Crippen molar-refractivity contribution < 1.29 is 9.13 Å². The summed E-state index contributed by atoms with van der Waals surface area (Å²) in [6, 6.07) is 7.40. The number of ether oxygens (including phenoxy) is 1. The Labute approximate surface area is 159 Å². The number of nitrogens with zero attached hydrogens (tertiary/aromatic N) is 3. The van der Waals surface area contributed by atoms with Crippen molar-refractivity contribution >= 4 is 17.5 Å². The lowest BCUT2D eigenvalue weighted by atomic mass is 10.1. The minimum atomic E-state index is -0.194. The fourth-order valence-electron chi connectivity index (χ4n) is 3.73. The zero-order valence-corrected chi connectivity index (χ0v) is 15.5. The molecule has 2 N–H and O–H groups in total. The normalized spacial score (nSPS) is 19.9. The van der Waals surface area contributed by atoms with Crippen molar-refractivity contribution in [2.75, 3.05) is 41.8 Å². The first-order valence-electron chi connectivity index (χ1n) is 9.73. The maximum Gasteiger partial charge on any atom is 0.224 e. The van der Waals surface area contributed by atoms with Gasteiger partial charge in [0, 0.05) is 43.7 Å². The number of halogens is 1. The molecule has 3 heterocycles. The first kappa shape index (κ1) is 18.0. The Morgan fingerprint density at radius 1 is 1.19 bits per heavy atom. The quantitative estimate of drug-likeness (QED) is 0.811. The van der Waals surface area contributed by atoms with Crippen LogP contribution in [0.2, 0.25) is 0 Å². The van der Waals surface area contributed by atoms with Gasteiger partial charge < -0.3 is 20.3 Å². The molecule has 2 saturated heterocycles. The van der Waals surface area contributed by atoms with Crippen LogP contribution in [0.5, 0.6) is 0 Å². The summed E-state index contributed by atoms with van der Waals surface area (Å²) in [5, 5.41) is 6.57. The number of nitrogens with one attached hydrogen (secondary N) is 2. The molecule has 2 aliphatic heterocycles. The molecular weight excluding hydrogens is 345 g/mol. The molecule has 1 aromatic carbocycles. The van der Waals surface area contributed by atoms with Gasteiger partial charge in [0.15, 0.2) is 0 Å². The topological polar surface area (TPSA) is 62.3 Å². The molecule has 144 valence electrons. The number of aromatic nitrogens is 2. The first-order valence-corrected chi connectivity index (χ1v) is 9.73. The predicted molar refractivity (Wildman–Crippen MR) is 105 cm³/mol. The molecule has 7 heteroatoms. The molecule has 1 aromatic heterocycles. The van der Waals surface area contributed by atoms with E-state index in [1.54, 1.807) is 12.3 Å². The third-order valence-electron chi connectivity index (χ3n) is 5.13. The molecule has 0 radical (unpaired) electrons. The van der Waals surface area contributed by atoms with Gasteiger partial charge in [-0.1, -0.05) is 6.07 Å². The van der Waals surface area contributed by atoms with Crippen LogP contribution in [0.25, 0.3) is 0 Å². The van der Waals surface area contributed by atoms with Gasteiger partial charge in [-0.15, -0.1) is 0 Å². The first-order chi connectivity index (χ1) is 13.3. The van der Waals surface area contributed by atoms with Crippen molar-refractivity contribution in [3.05, 3.63) is 41.8 Å². The molecule has 27 heavy (non-hydrogen) atoms. The number of hydrogen-bond donors (Lipinski definition) is 2. The van der Waals surface area contributed by atoms with E-state index in [-0.39, 0.29) is 11.9 Å². The summed E-state index contributed by atoms with van der Waals surface area (Å²) in [7, 11) is 0. The molecule has 6 nitrogen and oxygen atoms in total. The second-order valence-electron chi connectivity index (χ2n) is 7.11. The van der Waals surface area contributed by atoms with E-state index in [0.29, 0.717) is 24.7 Å². The van der Waals surface area contributed by atoms with Crippen molar-refractivity contribution in [3.63, 3.8) is 0 Å². The van der Waals surface area contributed by atoms with Crippen LogP contribution in [0.1, 0.15) is 31.2 Å². The van der Waals surface area contributed by atoms with Gasteiger partial charge in [0.1, 0.15) is 11.6 Å². The van der Waals surface area contributed by atoms with Crippen LogP contribution < -0.4 is 15.5 Å². The highest BCUT2D eigenvalue weighted by Gasteiger charge is 2.18. The van der Waals surface area contributed by atoms with E-state index in [1.807, 2.05) is 12.1 Å². The van der Waals surface area contributed by atoms with Gasteiger partial charge in [-0.05, 0) is 43.9 Å². The average Bonchev–Trinajstić information content (AvgIpc) is 3.23. The molecule has 4 rings (SSSR count). The molecule has 1 atom stereocenters. The maximum atomic E-state index is 14.5. The van der Waals surface area contributed by atoms with Crippen LogP contribution in [-0.4, -0.2) is 42.3 Å². The SMILES string of the molecule is Fc1cccc(N2CCCC2)c1CNc1nccc(NC2CCCOC2)n1. The van der Waals surface area contributed by atoms with E-state index < -0.39 is 0 Å². The molecule has 2 fully saturated rings. The standard InChI is InChI=1S/C20H26FN5O/c21-17-6-3-7-18(26-10-1-2-11-26)16(17)13-23-20-22-9-8-19(25-20)24-15-5-4-12-27-14-15/h3,6-9,15H,1-2,4-5,10-14H2,(H2,22,23,24,25). The summed E-state index contributed by atoms with van der Waals surface area (Å²) >= 11 is 0. The Bertz CT molecular complexity index is 760. The summed E-state index contributed by atoms with van der Waals surface area (Å²) < 4.78 is 20.0. The Morgan fingerprint density at radius 2 is 2.07 bits per heavy atom. The summed E-state index contributed by atoms with van der Waals surface area (Å²) in [6.45, 7) is 3.85. The lowest BCUT2D eigenvalue weighted by molar-refractivity contribution is 0.0875. The lowest BCUT2D eigenvalue weighted by Gasteiger charge is -2.24. The van der Waals surface area contributed by atoms with E-state index in [2.05, 4.69) is 25.5 Å². The predicted octanol–water partition coefficient (Wildman–Crippen LogP) is 3.42. The Balaban J connectivity index is 1.43. The van der Waals surface area contributed by atoms with Crippen molar-refractivity contribution in [2.45, 2.75) is 38.3 Å². The molecule has 0 spiro atoms. The minimum Gasteiger partial charge on any atom is -0.379 e. The highest BCUT2D eigenvalue weighted by molar-refractivity contribution is 5.56. The van der Waals surface area contributed by atoms with Crippen molar-refractivity contribution in [2.24, 2.45) is 0 Å². The van der Waals surface area contributed by atoms with Crippen molar-refractivity contribution in [1.82, 2.24) is 9.97 Å². The van der Waals surface area contributed by atoms with Crippen LogP contribution in [0.15, 0.2) is 30.5 Å². The second-order valence-corrected chi connectivity index (χ2v) is 7.11. The Kier molecular flexibility index (Phi) is 5.67. The van der Waals surface area contributed by atoms with Gasteiger partial charge in [0.2, 0.25) is 5.95 Å². The monoisotopic (exact) mass is 371 g/mol. The van der Waals surface area contributed by atoms with E-state index in [4.69, 9.17) is 4.74 Å². The number of anilines is 3. The summed E-state index contributed by atoms with van der Waals surface area (Å²) in [5.41, 5.74) is 1.63. The molecule has 0 aliphatic carbocycles. The molecule has 0 saturated carbocycles. The number of rotatable bonds is 6.